The summed E-state index contributed by atoms with van der Waals surface area (Å²) in [5.74, 6) is 1.24. The Bertz CT molecular complexity index is 283. The molecule has 0 bridgehead atoms. The number of hydrogen-bond donors (Lipinski definition) is 3. The van der Waals surface area contributed by atoms with Crippen molar-refractivity contribution < 1.29 is 10.2 Å². The molecule has 0 aliphatic carbocycles. The Hall–Kier alpha value is -0.370. The van der Waals surface area contributed by atoms with Crippen LogP contribution in [0.1, 0.15) is 11.9 Å². The van der Waals surface area contributed by atoms with E-state index in [4.69, 9.17) is 10.2 Å². The summed E-state index contributed by atoms with van der Waals surface area (Å²) >= 11 is 3.06. The lowest BCUT2D eigenvalue weighted by Crippen LogP contribution is -2.14. The summed E-state index contributed by atoms with van der Waals surface area (Å²) in [6, 6.07) is 0. The Morgan fingerprint density at radius 1 is 1.53 bits per heavy atom. The van der Waals surface area contributed by atoms with Gasteiger partial charge in [0.1, 0.15) is 5.01 Å². The van der Waals surface area contributed by atoms with Crippen molar-refractivity contribution in [2.45, 2.75) is 18.8 Å². The van der Waals surface area contributed by atoms with Gasteiger partial charge < -0.3 is 15.5 Å². The van der Waals surface area contributed by atoms with Crippen molar-refractivity contribution >= 4 is 28.2 Å². The maximum absolute atomic E-state index is 9.11. The molecule has 1 atom stereocenters. The standard InChI is InChI=1S/C8H15N3O2S2/c1-2-9-8-11-10-7(15-8)5-14-4-6(13)3-12/h6,12-13H,2-5H2,1H3,(H,9,11). The second-order valence-electron chi connectivity index (χ2n) is 2.88. The van der Waals surface area contributed by atoms with E-state index in [0.717, 1.165) is 22.4 Å². The highest BCUT2D eigenvalue weighted by Crippen LogP contribution is 2.20. The zero-order chi connectivity index (χ0) is 11.1. The molecule has 0 aromatic carbocycles. The van der Waals surface area contributed by atoms with E-state index in [0.29, 0.717) is 5.75 Å². The van der Waals surface area contributed by atoms with Crippen LogP contribution >= 0.6 is 23.1 Å². The average molecular weight is 249 g/mol. The summed E-state index contributed by atoms with van der Waals surface area (Å²) in [4.78, 5) is 0. The van der Waals surface area contributed by atoms with Gasteiger partial charge in [-0.2, -0.15) is 11.8 Å². The first-order chi connectivity index (χ1) is 7.26. The molecule has 86 valence electrons. The predicted molar refractivity (Wildman–Crippen MR) is 63.3 cm³/mol. The SMILES string of the molecule is CCNc1nnc(CSCC(O)CO)s1. The van der Waals surface area contributed by atoms with Crippen LogP contribution < -0.4 is 5.32 Å². The van der Waals surface area contributed by atoms with Crippen LogP contribution in [-0.4, -0.2) is 45.4 Å². The fourth-order valence-electron chi connectivity index (χ4n) is 0.870. The van der Waals surface area contributed by atoms with Crippen molar-refractivity contribution in [3.8, 4) is 0 Å². The van der Waals surface area contributed by atoms with Crippen LogP contribution in [0.4, 0.5) is 5.13 Å². The molecule has 3 N–H and O–H groups in total. The van der Waals surface area contributed by atoms with Gasteiger partial charge in [0.05, 0.1) is 12.7 Å². The van der Waals surface area contributed by atoms with Crippen molar-refractivity contribution in [3.63, 3.8) is 0 Å². The summed E-state index contributed by atoms with van der Waals surface area (Å²) in [6.45, 7) is 2.66. The highest BCUT2D eigenvalue weighted by Gasteiger charge is 2.05. The lowest BCUT2D eigenvalue weighted by molar-refractivity contribution is 0.113. The molecule has 0 aliphatic heterocycles. The van der Waals surface area contributed by atoms with Crippen LogP contribution in [0.5, 0.6) is 0 Å². The van der Waals surface area contributed by atoms with E-state index in [-0.39, 0.29) is 6.61 Å². The van der Waals surface area contributed by atoms with Crippen molar-refractivity contribution in [2.75, 3.05) is 24.2 Å². The summed E-state index contributed by atoms with van der Waals surface area (Å²) in [5.41, 5.74) is 0. The van der Waals surface area contributed by atoms with Gasteiger partial charge in [-0.05, 0) is 6.92 Å². The monoisotopic (exact) mass is 249 g/mol. The number of anilines is 1. The van der Waals surface area contributed by atoms with Gasteiger partial charge in [0, 0.05) is 18.1 Å². The van der Waals surface area contributed by atoms with Crippen molar-refractivity contribution in [2.24, 2.45) is 0 Å². The van der Waals surface area contributed by atoms with Gasteiger partial charge in [-0.25, -0.2) is 0 Å². The highest BCUT2D eigenvalue weighted by molar-refractivity contribution is 7.98. The molecule has 7 heteroatoms. The number of hydrogen-bond acceptors (Lipinski definition) is 7. The summed E-state index contributed by atoms with van der Waals surface area (Å²) < 4.78 is 0. The van der Waals surface area contributed by atoms with E-state index in [2.05, 4.69) is 15.5 Å². The Labute approximate surface area is 96.9 Å². The number of nitrogens with one attached hydrogen (secondary N) is 1. The van der Waals surface area contributed by atoms with Crippen LogP contribution in [-0.2, 0) is 5.75 Å². The van der Waals surface area contributed by atoms with Crippen LogP contribution in [0, 0.1) is 0 Å². The fourth-order valence-corrected chi connectivity index (χ4v) is 2.69. The Morgan fingerprint density at radius 3 is 3.00 bits per heavy atom. The first-order valence-electron chi connectivity index (χ1n) is 4.69. The maximum atomic E-state index is 9.11. The van der Waals surface area contributed by atoms with Gasteiger partial charge in [0.25, 0.3) is 0 Å². The van der Waals surface area contributed by atoms with Gasteiger partial charge >= 0.3 is 0 Å². The predicted octanol–water partition coefficient (Wildman–Crippen LogP) is 0.556. The Morgan fingerprint density at radius 2 is 2.33 bits per heavy atom. The Balaban J connectivity index is 2.25. The number of aliphatic hydroxyl groups is 2. The van der Waals surface area contributed by atoms with E-state index in [9.17, 15) is 0 Å². The molecule has 0 aliphatic rings. The quantitative estimate of drug-likeness (QED) is 0.655. The van der Waals surface area contributed by atoms with E-state index < -0.39 is 6.10 Å². The largest absolute Gasteiger partial charge is 0.394 e. The van der Waals surface area contributed by atoms with Crippen molar-refractivity contribution in [1.82, 2.24) is 10.2 Å². The number of aromatic nitrogens is 2. The molecule has 0 amide bonds. The molecule has 0 saturated carbocycles. The number of rotatable bonds is 7. The molecule has 0 saturated heterocycles. The molecule has 1 unspecified atom stereocenters. The van der Waals surface area contributed by atoms with E-state index in [1.165, 1.54) is 11.3 Å². The molecule has 1 rings (SSSR count). The lowest BCUT2D eigenvalue weighted by Gasteiger charge is -2.04. The molecule has 15 heavy (non-hydrogen) atoms. The first-order valence-corrected chi connectivity index (χ1v) is 6.66. The maximum Gasteiger partial charge on any atom is 0.205 e. The minimum atomic E-state index is -0.642. The Kier molecular flexibility index (Phi) is 5.92. The summed E-state index contributed by atoms with van der Waals surface area (Å²) in [7, 11) is 0. The van der Waals surface area contributed by atoms with E-state index in [1.54, 1.807) is 11.8 Å². The second-order valence-corrected chi connectivity index (χ2v) is 4.98. The van der Waals surface area contributed by atoms with E-state index >= 15 is 0 Å². The van der Waals surface area contributed by atoms with Gasteiger partial charge in [0.15, 0.2) is 0 Å². The first kappa shape index (κ1) is 12.7. The lowest BCUT2D eigenvalue weighted by atomic mass is 10.4. The minimum absolute atomic E-state index is 0.189. The minimum Gasteiger partial charge on any atom is -0.394 e. The fraction of sp³-hybridized carbons (Fsp3) is 0.750. The molecule has 1 aromatic rings. The van der Waals surface area contributed by atoms with Gasteiger partial charge in [-0.3, -0.25) is 0 Å². The van der Waals surface area contributed by atoms with Crippen LogP contribution in [0.3, 0.4) is 0 Å². The number of aliphatic hydroxyl groups excluding tert-OH is 2. The zero-order valence-electron chi connectivity index (χ0n) is 8.51. The molecule has 0 fully saturated rings. The molecular formula is C8H15N3O2S2. The topological polar surface area (TPSA) is 78.3 Å². The van der Waals surface area contributed by atoms with Gasteiger partial charge in [-0.15, -0.1) is 10.2 Å². The van der Waals surface area contributed by atoms with Crippen LogP contribution in [0.25, 0.3) is 0 Å². The zero-order valence-corrected chi connectivity index (χ0v) is 10.1. The third-order valence-corrected chi connectivity index (χ3v) is 3.70. The third-order valence-electron chi connectivity index (χ3n) is 1.54. The molecule has 0 spiro atoms. The highest BCUT2D eigenvalue weighted by atomic mass is 32.2. The number of thioether (sulfide) groups is 1. The molecular weight excluding hydrogens is 234 g/mol. The average Bonchev–Trinajstić information content (AvgIpc) is 2.66. The number of nitrogens with zero attached hydrogens (tertiary/aromatic N) is 2. The molecule has 5 nitrogen and oxygen atoms in total. The molecule has 1 heterocycles. The van der Waals surface area contributed by atoms with Gasteiger partial charge in [0.2, 0.25) is 5.13 Å². The summed E-state index contributed by atoms with van der Waals surface area (Å²) in [5, 5.41) is 30.5. The molecule has 1 aromatic heterocycles. The van der Waals surface area contributed by atoms with Crippen LogP contribution in [0.2, 0.25) is 0 Å². The normalized spacial score (nSPS) is 12.7. The van der Waals surface area contributed by atoms with Crippen LogP contribution in [0.15, 0.2) is 0 Å². The smallest absolute Gasteiger partial charge is 0.205 e. The summed E-state index contributed by atoms with van der Waals surface area (Å²) in [6.07, 6.45) is -0.642. The van der Waals surface area contributed by atoms with Crippen molar-refractivity contribution in [1.29, 1.82) is 0 Å². The second kappa shape index (κ2) is 7.00. The van der Waals surface area contributed by atoms with Gasteiger partial charge in [-0.1, -0.05) is 11.3 Å². The van der Waals surface area contributed by atoms with E-state index in [1.807, 2.05) is 6.92 Å². The third kappa shape index (κ3) is 4.78. The molecule has 0 radical (unpaired) electrons. The van der Waals surface area contributed by atoms with Crippen molar-refractivity contribution in [3.05, 3.63) is 5.01 Å².